The minimum absolute atomic E-state index is 0.00459. The van der Waals surface area contributed by atoms with Gasteiger partial charge in [0, 0.05) is 18.0 Å². The van der Waals surface area contributed by atoms with E-state index in [0.717, 1.165) is 12.8 Å². The molecule has 2 rings (SSSR count). The molecule has 1 aromatic rings. The molecule has 5 heteroatoms. The highest BCUT2D eigenvalue weighted by Crippen LogP contribution is 2.23. The highest BCUT2D eigenvalue weighted by molar-refractivity contribution is 5.86. The zero-order valence-corrected chi connectivity index (χ0v) is 12.0. The number of Topliss-reactive ketones (excluding diaryl/α,β-unsaturated/α-hetero) is 1. The Morgan fingerprint density at radius 2 is 1.86 bits per heavy atom. The van der Waals surface area contributed by atoms with E-state index in [1.165, 1.54) is 6.92 Å². The normalized spacial score (nSPS) is 15.1. The van der Waals surface area contributed by atoms with Crippen LogP contribution in [-0.4, -0.2) is 23.7 Å². The van der Waals surface area contributed by atoms with E-state index in [1.807, 2.05) is 6.07 Å². The molecule has 1 aromatic carbocycles. The lowest BCUT2D eigenvalue weighted by Crippen LogP contribution is -2.33. The number of carbonyl (C=O) groups is 3. The van der Waals surface area contributed by atoms with Crippen LogP contribution in [0.1, 0.15) is 44.3 Å². The van der Waals surface area contributed by atoms with Gasteiger partial charge in [-0.2, -0.15) is 0 Å². The summed E-state index contributed by atoms with van der Waals surface area (Å²) in [5.41, 5.74) is 0.631. The number of amides is 1. The number of carbonyl (C=O) groups excluding carboxylic acids is 3. The zero-order valence-electron chi connectivity index (χ0n) is 12.0. The van der Waals surface area contributed by atoms with E-state index in [9.17, 15) is 14.4 Å². The average molecular weight is 289 g/mol. The lowest BCUT2D eigenvalue weighted by Gasteiger charge is -2.17. The molecule has 1 atom stereocenters. The van der Waals surface area contributed by atoms with Gasteiger partial charge in [0.25, 0.3) is 5.91 Å². The van der Waals surface area contributed by atoms with Gasteiger partial charge in [0.2, 0.25) is 6.10 Å². The zero-order chi connectivity index (χ0) is 15.2. The fourth-order valence-electron chi connectivity index (χ4n) is 1.87. The van der Waals surface area contributed by atoms with Gasteiger partial charge in [0.1, 0.15) is 5.78 Å². The van der Waals surface area contributed by atoms with Gasteiger partial charge in [-0.05, 0) is 19.8 Å². The largest absolute Gasteiger partial charge is 0.447 e. The number of benzene rings is 1. The third kappa shape index (κ3) is 5.02. The lowest BCUT2D eigenvalue weighted by atomic mass is 10.1. The number of esters is 1. The molecule has 0 aliphatic heterocycles. The van der Waals surface area contributed by atoms with Crippen molar-refractivity contribution in [3.8, 4) is 0 Å². The molecule has 0 radical (unpaired) electrons. The number of hydrogen-bond acceptors (Lipinski definition) is 4. The second-order valence-electron chi connectivity index (χ2n) is 5.27. The Labute approximate surface area is 123 Å². The molecular formula is C16H19NO4. The van der Waals surface area contributed by atoms with Crippen LogP contribution >= 0.6 is 0 Å². The fraction of sp³-hybridized carbons (Fsp3) is 0.438. The monoisotopic (exact) mass is 289 g/mol. The Kier molecular flexibility index (Phi) is 5.09. The Hall–Kier alpha value is -2.17. The molecule has 0 saturated heterocycles. The molecule has 1 fully saturated rings. The Morgan fingerprint density at radius 3 is 2.43 bits per heavy atom. The summed E-state index contributed by atoms with van der Waals surface area (Å²) in [5, 5.41) is 2.84. The van der Waals surface area contributed by atoms with Crippen LogP contribution in [0.4, 0.5) is 0 Å². The molecular weight excluding hydrogens is 270 g/mol. The number of rotatable bonds is 7. The van der Waals surface area contributed by atoms with Crippen LogP contribution in [0, 0.1) is 0 Å². The van der Waals surface area contributed by atoms with Crippen molar-refractivity contribution in [2.75, 3.05) is 0 Å². The molecule has 21 heavy (non-hydrogen) atoms. The van der Waals surface area contributed by atoms with Gasteiger partial charge in [0.15, 0.2) is 0 Å². The number of hydrogen-bond donors (Lipinski definition) is 1. The van der Waals surface area contributed by atoms with E-state index >= 15 is 0 Å². The standard InChI is InChI=1S/C16H19NO4/c1-11(18)7-10-14(19)21-15(12-5-3-2-4-6-12)16(20)17-13-8-9-13/h2-6,13,15H,7-10H2,1H3,(H,17,20)/t15-/m1/s1. The van der Waals surface area contributed by atoms with Gasteiger partial charge in [-0.1, -0.05) is 30.3 Å². The van der Waals surface area contributed by atoms with Gasteiger partial charge in [0.05, 0.1) is 6.42 Å². The first kappa shape index (κ1) is 15.2. The molecule has 112 valence electrons. The molecule has 0 bridgehead atoms. The van der Waals surface area contributed by atoms with Gasteiger partial charge in [-0.15, -0.1) is 0 Å². The molecule has 5 nitrogen and oxygen atoms in total. The second-order valence-corrected chi connectivity index (χ2v) is 5.27. The summed E-state index contributed by atoms with van der Waals surface area (Å²) < 4.78 is 5.27. The first-order valence-corrected chi connectivity index (χ1v) is 7.10. The summed E-state index contributed by atoms with van der Waals surface area (Å²) in [5.74, 6) is -0.921. The third-order valence-corrected chi connectivity index (χ3v) is 3.19. The van der Waals surface area contributed by atoms with Crippen LogP contribution < -0.4 is 5.32 Å². The second kappa shape index (κ2) is 7.02. The van der Waals surface area contributed by atoms with Gasteiger partial charge >= 0.3 is 5.97 Å². The quantitative estimate of drug-likeness (QED) is 0.778. The predicted octanol–water partition coefficient (Wildman–Crippen LogP) is 1.92. The summed E-state index contributed by atoms with van der Waals surface area (Å²) in [6, 6.07) is 9.09. The molecule has 1 amide bonds. The van der Waals surface area contributed by atoms with E-state index in [4.69, 9.17) is 4.74 Å². The number of ketones is 1. The smallest absolute Gasteiger partial charge is 0.307 e. The van der Waals surface area contributed by atoms with Crippen molar-refractivity contribution in [1.29, 1.82) is 0 Å². The molecule has 0 unspecified atom stereocenters. The highest BCUT2D eigenvalue weighted by atomic mass is 16.5. The molecule has 1 aliphatic rings. The average Bonchev–Trinajstić information content (AvgIpc) is 3.27. The van der Waals surface area contributed by atoms with Crippen molar-refractivity contribution in [3.05, 3.63) is 35.9 Å². The maximum Gasteiger partial charge on any atom is 0.307 e. The highest BCUT2D eigenvalue weighted by Gasteiger charge is 2.30. The van der Waals surface area contributed by atoms with E-state index in [1.54, 1.807) is 24.3 Å². The summed E-state index contributed by atoms with van der Waals surface area (Å²) in [6.07, 6.45) is 1.10. The summed E-state index contributed by atoms with van der Waals surface area (Å²) in [7, 11) is 0. The first-order chi connectivity index (χ1) is 10.1. The number of ether oxygens (including phenoxy) is 1. The summed E-state index contributed by atoms with van der Waals surface area (Å²) in [6.45, 7) is 1.42. The Morgan fingerprint density at radius 1 is 1.19 bits per heavy atom. The van der Waals surface area contributed by atoms with E-state index in [0.29, 0.717) is 5.56 Å². The maximum absolute atomic E-state index is 12.2. The van der Waals surface area contributed by atoms with Gasteiger partial charge in [-0.25, -0.2) is 0 Å². The minimum Gasteiger partial charge on any atom is -0.447 e. The third-order valence-electron chi connectivity index (χ3n) is 3.19. The number of nitrogens with one attached hydrogen (secondary N) is 1. The minimum atomic E-state index is -0.953. The predicted molar refractivity (Wildman–Crippen MR) is 76.4 cm³/mol. The van der Waals surface area contributed by atoms with Crippen LogP contribution in [0.25, 0.3) is 0 Å². The Bertz CT molecular complexity index is 522. The van der Waals surface area contributed by atoms with Gasteiger partial charge < -0.3 is 14.8 Å². The molecule has 1 N–H and O–H groups in total. The van der Waals surface area contributed by atoms with E-state index in [-0.39, 0.29) is 30.6 Å². The van der Waals surface area contributed by atoms with Crippen LogP contribution in [0.5, 0.6) is 0 Å². The first-order valence-electron chi connectivity index (χ1n) is 7.10. The molecule has 1 aliphatic carbocycles. The van der Waals surface area contributed by atoms with Crippen molar-refractivity contribution in [3.63, 3.8) is 0 Å². The topological polar surface area (TPSA) is 72.5 Å². The van der Waals surface area contributed by atoms with Crippen LogP contribution in [0.15, 0.2) is 30.3 Å². The van der Waals surface area contributed by atoms with Gasteiger partial charge in [-0.3, -0.25) is 9.59 Å². The molecule has 1 saturated carbocycles. The van der Waals surface area contributed by atoms with Crippen LogP contribution in [0.3, 0.4) is 0 Å². The molecule has 0 spiro atoms. The van der Waals surface area contributed by atoms with Crippen molar-refractivity contribution < 1.29 is 19.1 Å². The maximum atomic E-state index is 12.2. The van der Waals surface area contributed by atoms with E-state index < -0.39 is 12.1 Å². The summed E-state index contributed by atoms with van der Waals surface area (Å²) >= 11 is 0. The Balaban J connectivity index is 2.02. The summed E-state index contributed by atoms with van der Waals surface area (Å²) in [4.78, 5) is 34.9. The van der Waals surface area contributed by atoms with Crippen molar-refractivity contribution in [1.82, 2.24) is 5.32 Å². The van der Waals surface area contributed by atoms with E-state index in [2.05, 4.69) is 5.32 Å². The van der Waals surface area contributed by atoms with Crippen LogP contribution in [0.2, 0.25) is 0 Å². The SMILES string of the molecule is CC(=O)CCC(=O)O[C@@H](C(=O)NC1CC1)c1ccccc1. The van der Waals surface area contributed by atoms with Crippen molar-refractivity contribution in [2.45, 2.75) is 44.8 Å². The van der Waals surface area contributed by atoms with Crippen molar-refractivity contribution >= 4 is 17.7 Å². The molecule has 0 aromatic heterocycles. The van der Waals surface area contributed by atoms with Crippen LogP contribution in [-0.2, 0) is 19.1 Å². The molecule has 0 heterocycles. The van der Waals surface area contributed by atoms with Crippen molar-refractivity contribution in [2.24, 2.45) is 0 Å². The fourth-order valence-corrected chi connectivity index (χ4v) is 1.87. The lowest BCUT2D eigenvalue weighted by molar-refractivity contribution is -0.157.